The first-order chi connectivity index (χ1) is 17.8. The minimum atomic E-state index is -4.94. The lowest BCUT2D eigenvalue weighted by Crippen LogP contribution is -2.68. The number of methoxy groups -OCH3 is 2. The Morgan fingerprint density at radius 3 is 2.11 bits per heavy atom. The summed E-state index contributed by atoms with van der Waals surface area (Å²) >= 11 is 0. The first kappa shape index (κ1) is 25.4. The smallest absolute Gasteiger partial charge is 0.355 e. The lowest BCUT2D eigenvalue weighted by atomic mass is 9.70. The Morgan fingerprint density at radius 2 is 1.43 bits per heavy atom. The molecule has 0 bridgehead atoms. The zero-order valence-corrected chi connectivity index (χ0v) is 21.3. The Hall–Kier alpha value is -3.20. The predicted octanol–water partition coefficient (Wildman–Crippen LogP) is 1.38. The predicted molar refractivity (Wildman–Crippen MR) is 127 cm³/mol. The Morgan fingerprint density at radius 1 is 0.784 bits per heavy atom. The van der Waals surface area contributed by atoms with E-state index < -0.39 is 10.2 Å². The van der Waals surface area contributed by atoms with E-state index in [1.165, 1.54) is 39.0 Å². The molecule has 0 saturated heterocycles. The number of fused-ring (bicyclic) bond motifs is 6. The highest BCUT2D eigenvalue weighted by atomic mass is 35.7. The van der Waals surface area contributed by atoms with Crippen LogP contribution in [0.1, 0.15) is 51.2 Å². The van der Waals surface area contributed by atoms with Crippen LogP contribution < -0.4 is 28.1 Å². The fourth-order valence-corrected chi connectivity index (χ4v) is 5.73. The van der Waals surface area contributed by atoms with Crippen molar-refractivity contribution < 1.29 is 42.8 Å². The molecule has 7 nitrogen and oxygen atoms in total. The number of benzene rings is 3. The number of rotatable bonds is 3. The number of ketones is 1. The second kappa shape index (κ2) is 10.3. The molecule has 0 N–H and O–H groups in total. The van der Waals surface area contributed by atoms with Crippen LogP contribution >= 0.6 is 0 Å². The highest BCUT2D eigenvalue weighted by Gasteiger charge is 2.48. The van der Waals surface area contributed by atoms with E-state index in [4.69, 9.17) is 32.5 Å². The molecule has 0 spiro atoms. The molecule has 0 amide bonds. The molecule has 1 heterocycles. The molecule has 3 aromatic carbocycles. The number of ether oxygens (including phenoxy) is 2. The zero-order valence-electron chi connectivity index (χ0n) is 20.6. The van der Waals surface area contributed by atoms with Gasteiger partial charge in [-0.2, -0.15) is 0 Å². The van der Waals surface area contributed by atoms with Crippen molar-refractivity contribution in [2.45, 2.75) is 31.8 Å². The number of allylic oxidation sites excluding steroid dienone is 1. The molecule has 0 radical (unpaired) electrons. The van der Waals surface area contributed by atoms with Gasteiger partial charge in [0.05, 0.1) is 36.8 Å². The number of halogens is 1. The molecule has 8 heteroatoms. The average molecular weight is 523 g/mol. The number of hydrogen-bond acceptors (Lipinski definition) is 6. The first-order valence-corrected chi connectivity index (χ1v) is 13.3. The van der Waals surface area contributed by atoms with Crippen LogP contribution in [0.2, 0.25) is 0 Å². The lowest BCUT2D eigenvalue weighted by Gasteiger charge is -2.33. The third-order valence-corrected chi connectivity index (χ3v) is 7.25. The molecule has 3 aliphatic rings. The van der Waals surface area contributed by atoms with Gasteiger partial charge in [0, 0.05) is 0 Å². The van der Waals surface area contributed by atoms with Crippen molar-refractivity contribution in [1.82, 2.24) is 0 Å². The summed E-state index contributed by atoms with van der Waals surface area (Å²) in [7, 11) is -1.48. The fraction of sp³-hybridized carbons (Fsp3) is 0.276. The summed E-state index contributed by atoms with van der Waals surface area (Å²) in [4.78, 5) is 0. The molecule has 2 unspecified atom stereocenters. The number of aryl methyl sites for hydroxylation is 2. The minimum absolute atomic E-state index is 0.0201. The van der Waals surface area contributed by atoms with Crippen LogP contribution in [-0.2, 0) is 12.8 Å². The highest BCUT2D eigenvalue weighted by Crippen LogP contribution is 2.51. The quantitative estimate of drug-likeness (QED) is 0.479. The maximum Gasteiger partial charge on any atom is 0.355 e. The highest BCUT2D eigenvalue weighted by molar-refractivity contribution is 6.16. The van der Waals surface area contributed by atoms with E-state index in [0.29, 0.717) is 5.92 Å². The molecule has 2 aliphatic carbocycles. The van der Waals surface area contributed by atoms with Gasteiger partial charge in [-0.1, -0.05) is 30.3 Å². The van der Waals surface area contributed by atoms with Crippen molar-refractivity contribution >= 4 is 11.4 Å². The fourth-order valence-electron chi connectivity index (χ4n) is 5.73. The van der Waals surface area contributed by atoms with Crippen LogP contribution in [0.15, 0.2) is 72.3 Å². The number of hydrogen-bond donors (Lipinski definition) is 0. The second-order valence-electron chi connectivity index (χ2n) is 9.24. The first-order valence-electron chi connectivity index (χ1n) is 12.0. The largest absolute Gasteiger partial charge is 0.497 e. The van der Waals surface area contributed by atoms with Crippen molar-refractivity contribution in [2.75, 3.05) is 14.2 Å². The normalized spacial score (nSPS) is 19.8. The molecule has 0 fully saturated rings. The van der Waals surface area contributed by atoms with Crippen LogP contribution in [0.4, 0.5) is 0 Å². The van der Waals surface area contributed by atoms with Crippen LogP contribution in [0, 0.1) is 16.2 Å². The maximum atomic E-state index is 8.49. The Labute approximate surface area is 217 Å². The van der Waals surface area contributed by atoms with E-state index in [0.717, 1.165) is 43.0 Å². The molecule has 2 atom stereocenters. The summed E-state index contributed by atoms with van der Waals surface area (Å²) < 4.78 is 51.9. The summed E-state index contributed by atoms with van der Waals surface area (Å²) in [6.07, 6.45) is 4.16. The van der Waals surface area contributed by atoms with E-state index in [-0.39, 0.29) is 6.10 Å². The SMILES string of the molecule is COc1ccc2c(c1)CCC1=C(c3ccccc3)C3CCc4cc(OC)ccc4C3[O+]=C12.[O-][Cl+3]([O-])([O-])[O-]. The van der Waals surface area contributed by atoms with Crippen LogP contribution in [-0.4, -0.2) is 20.0 Å². The van der Waals surface area contributed by atoms with Crippen molar-refractivity contribution in [3.8, 4) is 11.5 Å². The maximum absolute atomic E-state index is 8.49. The molecular formula is C29H27ClO7. The summed E-state index contributed by atoms with van der Waals surface area (Å²) in [6.45, 7) is 0. The van der Waals surface area contributed by atoms with Gasteiger partial charge < -0.3 is 9.47 Å². The second-order valence-corrected chi connectivity index (χ2v) is 9.99. The molecule has 0 aromatic heterocycles. The van der Waals surface area contributed by atoms with Gasteiger partial charge in [0.25, 0.3) is 0 Å². The Kier molecular flexibility index (Phi) is 7.07. The topological polar surface area (TPSA) is 122 Å². The molecule has 0 saturated carbocycles. The van der Waals surface area contributed by atoms with Gasteiger partial charge in [-0.25, -0.2) is 23.1 Å². The molecule has 3 aromatic rings. The lowest BCUT2D eigenvalue weighted by molar-refractivity contribution is -2.00. The Balaban J connectivity index is 0.000000514. The van der Waals surface area contributed by atoms with Gasteiger partial charge >= 0.3 is 11.9 Å². The van der Waals surface area contributed by atoms with Crippen molar-refractivity contribution in [1.29, 1.82) is 0 Å². The van der Waals surface area contributed by atoms with Crippen molar-refractivity contribution in [3.63, 3.8) is 0 Å². The van der Waals surface area contributed by atoms with E-state index >= 15 is 0 Å². The molecule has 1 aliphatic heterocycles. The standard InChI is InChI=1S/C29H27O3.ClHO4/c1-30-21-10-14-23-19(16-21)8-12-25-27(18-6-4-3-5-7-18)26-13-9-20-17-22(31-2)11-15-24(20)29(26)32-28(23)25;2-1(3,4)5/h3-7,10-11,14-17,25,28H,8-9,12-13H2,1-2H3;(H,2,3,4,5)/q+1;/p-1. The average Bonchev–Trinajstić information content (AvgIpc) is 2.90. The summed E-state index contributed by atoms with van der Waals surface area (Å²) in [6, 6.07) is 23.7. The van der Waals surface area contributed by atoms with Crippen LogP contribution in [0.5, 0.6) is 11.5 Å². The molecular weight excluding hydrogens is 496 g/mol. The summed E-state index contributed by atoms with van der Waals surface area (Å²) in [5.74, 6) is 3.23. The monoisotopic (exact) mass is 522 g/mol. The van der Waals surface area contributed by atoms with E-state index in [1.807, 2.05) is 6.07 Å². The van der Waals surface area contributed by atoms with Crippen LogP contribution in [0.3, 0.4) is 0 Å². The molecule has 37 heavy (non-hydrogen) atoms. The Bertz CT molecular complexity index is 1350. The van der Waals surface area contributed by atoms with Gasteiger partial charge in [-0.3, -0.25) is 0 Å². The molecule has 6 rings (SSSR count). The third-order valence-electron chi connectivity index (χ3n) is 7.25. The van der Waals surface area contributed by atoms with E-state index in [9.17, 15) is 0 Å². The van der Waals surface area contributed by atoms with Crippen LogP contribution in [0.25, 0.3) is 5.57 Å². The van der Waals surface area contributed by atoms with Gasteiger partial charge in [-0.15, -0.1) is 10.2 Å². The van der Waals surface area contributed by atoms with Gasteiger partial charge in [0.1, 0.15) is 11.5 Å². The van der Waals surface area contributed by atoms with E-state index in [2.05, 4.69) is 60.7 Å². The molecule has 192 valence electrons. The summed E-state index contributed by atoms with van der Waals surface area (Å²) in [5.41, 5.74) is 9.33. The van der Waals surface area contributed by atoms with E-state index in [1.54, 1.807) is 14.2 Å². The third kappa shape index (κ3) is 5.28. The van der Waals surface area contributed by atoms with Gasteiger partial charge in [0.2, 0.25) is 0 Å². The summed E-state index contributed by atoms with van der Waals surface area (Å²) in [5, 5.41) is 0. The van der Waals surface area contributed by atoms with Gasteiger partial charge in [0.15, 0.2) is 0 Å². The zero-order chi connectivity index (χ0) is 26.2. The number of carbonyl (C=O) groups excluding carboxylic acids is 1. The van der Waals surface area contributed by atoms with Crippen molar-refractivity contribution in [3.05, 3.63) is 100 Å². The van der Waals surface area contributed by atoms with Crippen molar-refractivity contribution in [2.24, 2.45) is 5.92 Å². The van der Waals surface area contributed by atoms with Gasteiger partial charge in [-0.05, 0) is 84.3 Å². The minimum Gasteiger partial charge on any atom is -0.497 e.